The summed E-state index contributed by atoms with van der Waals surface area (Å²) in [5.41, 5.74) is 2.60. The van der Waals surface area contributed by atoms with Crippen molar-refractivity contribution >= 4 is 5.78 Å². The Bertz CT molecular complexity index is 750. The third kappa shape index (κ3) is 3.60. The Morgan fingerprint density at radius 3 is 2.61 bits per heavy atom. The Labute approximate surface area is 191 Å². The molecule has 0 radical (unpaired) electrons. The predicted molar refractivity (Wildman–Crippen MR) is 129 cm³/mol. The van der Waals surface area contributed by atoms with Crippen LogP contribution >= 0.6 is 0 Å². The first-order valence-corrected chi connectivity index (χ1v) is 13.2. The third-order valence-corrected chi connectivity index (χ3v) is 10.9. The van der Waals surface area contributed by atoms with Gasteiger partial charge in [-0.15, -0.1) is 0 Å². The maximum atomic E-state index is 13.2. The number of carbonyl (C=O) groups excluding carboxylic acids is 1. The van der Waals surface area contributed by atoms with Gasteiger partial charge in [0.25, 0.3) is 0 Å². The Kier molecular flexibility index (Phi) is 6.36. The van der Waals surface area contributed by atoms with E-state index < -0.39 is 0 Å². The monoisotopic (exact) mass is 426 g/mol. The molecule has 0 spiro atoms. The molecule has 174 valence electrons. The van der Waals surface area contributed by atoms with E-state index in [1.54, 1.807) is 0 Å². The van der Waals surface area contributed by atoms with Crippen LogP contribution in [0.25, 0.3) is 0 Å². The summed E-state index contributed by atoms with van der Waals surface area (Å²) in [7, 11) is 0. The van der Waals surface area contributed by atoms with Crippen LogP contribution in [-0.2, 0) is 4.79 Å². The summed E-state index contributed by atoms with van der Waals surface area (Å²) < 4.78 is 0. The number of hydrogen-bond acceptors (Lipinski definition) is 2. The summed E-state index contributed by atoms with van der Waals surface area (Å²) in [6.45, 7) is 15.9. The highest BCUT2D eigenvalue weighted by molar-refractivity contribution is 5.89. The molecule has 4 aliphatic carbocycles. The van der Waals surface area contributed by atoms with Crippen molar-refractivity contribution in [1.82, 2.24) is 0 Å². The third-order valence-electron chi connectivity index (χ3n) is 10.9. The lowest BCUT2D eigenvalue weighted by Crippen LogP contribution is -2.56. The van der Waals surface area contributed by atoms with E-state index in [1.807, 2.05) is 0 Å². The molecule has 2 nitrogen and oxygen atoms in total. The molecule has 0 bridgehead atoms. The standard InChI is InChI=1S/C29H46O2/c1-7-20(18(2)3)12-11-19(4)22-13-14-23-27-24(15-16-28(22,23)5)29(6)21(17-25(27)30)9-8-10-26(29)31/h17,19-20,22-25,27,30H,2,7-16H2,1,3-6H3. The van der Waals surface area contributed by atoms with Gasteiger partial charge in [-0.25, -0.2) is 0 Å². The number of allylic oxidation sites excluding steroid dienone is 2. The summed E-state index contributed by atoms with van der Waals surface area (Å²) in [6.07, 6.45) is 13.1. The topological polar surface area (TPSA) is 37.3 Å². The number of rotatable bonds is 6. The first kappa shape index (κ1) is 23.3. The van der Waals surface area contributed by atoms with Crippen molar-refractivity contribution in [2.45, 2.75) is 105 Å². The minimum atomic E-state index is -0.356. The lowest BCUT2D eigenvalue weighted by Gasteiger charge is -2.58. The summed E-state index contributed by atoms with van der Waals surface area (Å²) in [6, 6.07) is 0. The van der Waals surface area contributed by atoms with Gasteiger partial charge in [0.15, 0.2) is 0 Å². The Balaban J connectivity index is 1.55. The maximum absolute atomic E-state index is 13.2. The summed E-state index contributed by atoms with van der Waals surface area (Å²) in [5.74, 6) is 3.74. The van der Waals surface area contributed by atoms with Crippen molar-refractivity contribution in [2.75, 3.05) is 0 Å². The van der Waals surface area contributed by atoms with Crippen LogP contribution in [0.3, 0.4) is 0 Å². The van der Waals surface area contributed by atoms with Gasteiger partial charge in [-0.3, -0.25) is 4.79 Å². The van der Waals surface area contributed by atoms with Crippen LogP contribution in [0, 0.1) is 46.3 Å². The second kappa shape index (κ2) is 8.47. The van der Waals surface area contributed by atoms with Crippen LogP contribution in [-0.4, -0.2) is 17.0 Å². The van der Waals surface area contributed by atoms with Crippen LogP contribution < -0.4 is 0 Å². The molecule has 0 aliphatic heterocycles. The number of Topliss-reactive ketones (excluding diaryl/α,β-unsaturated/α-hetero) is 1. The molecule has 4 aliphatic rings. The van der Waals surface area contributed by atoms with E-state index in [0.29, 0.717) is 29.0 Å². The molecule has 3 saturated carbocycles. The van der Waals surface area contributed by atoms with Crippen LogP contribution in [0.15, 0.2) is 23.8 Å². The Hall–Kier alpha value is -0.890. The molecule has 31 heavy (non-hydrogen) atoms. The number of hydrogen-bond donors (Lipinski definition) is 1. The highest BCUT2D eigenvalue weighted by atomic mass is 16.3. The molecule has 9 unspecified atom stereocenters. The van der Waals surface area contributed by atoms with E-state index in [-0.39, 0.29) is 17.4 Å². The van der Waals surface area contributed by atoms with E-state index in [9.17, 15) is 9.90 Å². The van der Waals surface area contributed by atoms with Crippen LogP contribution in [0.4, 0.5) is 0 Å². The van der Waals surface area contributed by atoms with Gasteiger partial charge >= 0.3 is 0 Å². The molecule has 3 fully saturated rings. The zero-order valence-corrected chi connectivity index (χ0v) is 20.8. The fourth-order valence-corrected chi connectivity index (χ4v) is 8.94. The van der Waals surface area contributed by atoms with Gasteiger partial charge in [-0.2, -0.15) is 0 Å². The fourth-order valence-electron chi connectivity index (χ4n) is 8.94. The number of aliphatic hydroxyl groups is 1. The summed E-state index contributed by atoms with van der Waals surface area (Å²) in [5, 5.41) is 11.3. The molecule has 0 amide bonds. The highest BCUT2D eigenvalue weighted by Gasteiger charge is 2.62. The summed E-state index contributed by atoms with van der Waals surface area (Å²) in [4.78, 5) is 13.2. The van der Waals surface area contributed by atoms with E-state index in [4.69, 9.17) is 0 Å². The van der Waals surface area contributed by atoms with Crippen molar-refractivity contribution in [3.8, 4) is 0 Å². The minimum absolute atomic E-state index is 0.269. The van der Waals surface area contributed by atoms with Crippen LogP contribution in [0.2, 0.25) is 0 Å². The molecule has 2 heteroatoms. The summed E-state index contributed by atoms with van der Waals surface area (Å²) >= 11 is 0. The van der Waals surface area contributed by atoms with Crippen molar-refractivity contribution in [3.05, 3.63) is 23.8 Å². The van der Waals surface area contributed by atoms with Crippen LogP contribution in [0.1, 0.15) is 98.8 Å². The predicted octanol–water partition coefficient (Wildman–Crippen LogP) is 7.12. The molecule has 4 rings (SSSR count). The highest BCUT2D eigenvalue weighted by Crippen LogP contribution is 2.66. The zero-order chi connectivity index (χ0) is 22.6. The number of fused-ring (bicyclic) bond motifs is 5. The molecular formula is C29H46O2. The Morgan fingerprint density at radius 1 is 1.19 bits per heavy atom. The van der Waals surface area contributed by atoms with Crippen molar-refractivity contribution in [1.29, 1.82) is 0 Å². The van der Waals surface area contributed by atoms with E-state index in [2.05, 4.69) is 47.3 Å². The van der Waals surface area contributed by atoms with Gasteiger partial charge < -0.3 is 5.11 Å². The smallest absolute Gasteiger partial charge is 0.143 e. The minimum Gasteiger partial charge on any atom is -0.389 e. The van der Waals surface area contributed by atoms with Gasteiger partial charge in [0, 0.05) is 6.42 Å². The number of aliphatic hydroxyl groups excluding tert-OH is 1. The second-order valence-corrected chi connectivity index (χ2v) is 12.2. The first-order chi connectivity index (χ1) is 14.6. The van der Waals surface area contributed by atoms with Crippen molar-refractivity contribution < 1.29 is 9.90 Å². The molecule has 0 aromatic rings. The largest absolute Gasteiger partial charge is 0.389 e. The Morgan fingerprint density at radius 2 is 1.94 bits per heavy atom. The lowest BCUT2D eigenvalue weighted by atomic mass is 9.46. The molecular weight excluding hydrogens is 380 g/mol. The molecule has 0 aromatic carbocycles. The van der Waals surface area contributed by atoms with Gasteiger partial charge in [-0.05, 0) is 113 Å². The zero-order valence-electron chi connectivity index (χ0n) is 20.8. The number of carbonyl (C=O) groups is 1. The van der Waals surface area contributed by atoms with Gasteiger partial charge in [0.05, 0.1) is 11.5 Å². The normalized spacial score (nSPS) is 44.0. The molecule has 9 atom stereocenters. The van der Waals surface area contributed by atoms with Crippen LogP contribution in [0.5, 0.6) is 0 Å². The molecule has 0 saturated heterocycles. The van der Waals surface area contributed by atoms with E-state index >= 15 is 0 Å². The van der Waals surface area contributed by atoms with Gasteiger partial charge in [0.2, 0.25) is 0 Å². The second-order valence-electron chi connectivity index (χ2n) is 12.2. The quantitative estimate of drug-likeness (QED) is 0.459. The van der Waals surface area contributed by atoms with Gasteiger partial charge in [-0.1, -0.05) is 44.6 Å². The average molecular weight is 427 g/mol. The lowest BCUT2D eigenvalue weighted by molar-refractivity contribution is -0.142. The number of ketones is 1. The van der Waals surface area contributed by atoms with E-state index in [0.717, 1.165) is 37.5 Å². The van der Waals surface area contributed by atoms with E-state index in [1.165, 1.54) is 49.7 Å². The molecule has 1 N–H and O–H groups in total. The molecule has 0 heterocycles. The fraction of sp³-hybridized carbons (Fsp3) is 0.828. The van der Waals surface area contributed by atoms with Gasteiger partial charge in [0.1, 0.15) is 5.78 Å². The molecule has 0 aromatic heterocycles. The SMILES string of the molecule is C=C(C)C(CC)CCC(C)C1CCC2C3C(O)C=C4CCCC(=O)C4(C)C3CCC12C. The first-order valence-electron chi connectivity index (χ1n) is 13.2. The van der Waals surface area contributed by atoms with Crippen molar-refractivity contribution in [2.24, 2.45) is 46.3 Å². The average Bonchev–Trinajstić information content (AvgIpc) is 3.07. The van der Waals surface area contributed by atoms with Crippen molar-refractivity contribution in [3.63, 3.8) is 0 Å². The maximum Gasteiger partial charge on any atom is 0.143 e.